The predicted molar refractivity (Wildman–Crippen MR) is 83.9 cm³/mol. The van der Waals surface area contributed by atoms with Gasteiger partial charge in [-0.2, -0.15) is 0 Å². The van der Waals surface area contributed by atoms with Gasteiger partial charge in [-0.25, -0.2) is 0 Å². The highest BCUT2D eigenvalue weighted by molar-refractivity contribution is 5.96. The molecule has 0 saturated heterocycles. The highest BCUT2D eigenvalue weighted by atomic mass is 16.7. The number of nitrogens with zero attached hydrogens (tertiary/aromatic N) is 1. The number of hydrogen-bond acceptors (Lipinski definition) is 5. The fraction of sp³-hybridized carbons (Fsp3) is 0.412. The summed E-state index contributed by atoms with van der Waals surface area (Å²) in [4.78, 5) is 12.4. The Kier molecular flexibility index (Phi) is 4.23. The largest absolute Gasteiger partial charge is 0.454 e. The van der Waals surface area contributed by atoms with Crippen molar-refractivity contribution in [3.63, 3.8) is 0 Å². The maximum Gasteiger partial charge on any atom is 0.256 e. The Labute approximate surface area is 134 Å². The number of hydrogen-bond donors (Lipinski definition) is 1. The fourth-order valence-corrected chi connectivity index (χ4v) is 2.56. The lowest BCUT2D eigenvalue weighted by molar-refractivity contribution is 0.0951. The minimum atomic E-state index is -0.145. The first-order valence-corrected chi connectivity index (χ1v) is 7.69. The van der Waals surface area contributed by atoms with Crippen molar-refractivity contribution in [1.82, 2.24) is 10.5 Å². The third kappa shape index (κ3) is 3.16. The van der Waals surface area contributed by atoms with E-state index in [9.17, 15) is 4.79 Å². The monoisotopic (exact) mass is 316 g/mol. The zero-order valence-corrected chi connectivity index (χ0v) is 13.5. The third-order valence-electron chi connectivity index (χ3n) is 3.78. The van der Waals surface area contributed by atoms with Gasteiger partial charge in [0.1, 0.15) is 5.56 Å². The van der Waals surface area contributed by atoms with E-state index in [0.717, 1.165) is 17.1 Å². The second kappa shape index (κ2) is 6.32. The molecular weight excluding hydrogens is 296 g/mol. The number of aromatic nitrogens is 1. The van der Waals surface area contributed by atoms with Crippen LogP contribution in [0.25, 0.3) is 0 Å². The van der Waals surface area contributed by atoms with Crippen molar-refractivity contribution in [3.8, 4) is 11.5 Å². The highest BCUT2D eigenvalue weighted by Crippen LogP contribution is 2.32. The number of carbonyl (C=O) groups is 1. The van der Waals surface area contributed by atoms with Crippen LogP contribution in [0.5, 0.6) is 11.5 Å². The van der Waals surface area contributed by atoms with Gasteiger partial charge in [0.15, 0.2) is 17.3 Å². The maximum absolute atomic E-state index is 12.4. The van der Waals surface area contributed by atoms with Gasteiger partial charge in [0.25, 0.3) is 5.91 Å². The standard InChI is InChI=1S/C17H20N2O4/c1-10(2)16-15(11(3)19-23-16)17(20)18-7-6-12-4-5-13-14(8-12)22-9-21-13/h4-5,8,10H,6-7,9H2,1-3H3,(H,18,20). The Morgan fingerprint density at radius 2 is 2.09 bits per heavy atom. The molecule has 6 heteroatoms. The van der Waals surface area contributed by atoms with Gasteiger partial charge in [-0.1, -0.05) is 25.1 Å². The summed E-state index contributed by atoms with van der Waals surface area (Å²) in [6.45, 7) is 6.52. The topological polar surface area (TPSA) is 73.6 Å². The molecular formula is C17H20N2O4. The first kappa shape index (κ1) is 15.4. The summed E-state index contributed by atoms with van der Waals surface area (Å²) >= 11 is 0. The second-order valence-corrected chi connectivity index (χ2v) is 5.86. The lowest BCUT2D eigenvalue weighted by Crippen LogP contribution is -2.27. The van der Waals surface area contributed by atoms with Crippen LogP contribution in [0.2, 0.25) is 0 Å². The number of carbonyl (C=O) groups excluding carboxylic acids is 1. The number of amides is 1. The lowest BCUT2D eigenvalue weighted by atomic mass is 10.0. The SMILES string of the molecule is Cc1noc(C(C)C)c1C(=O)NCCc1ccc2c(c1)OCO2. The average Bonchev–Trinajstić information content (AvgIpc) is 3.12. The Bertz CT molecular complexity index is 721. The normalized spacial score (nSPS) is 12.7. The minimum absolute atomic E-state index is 0.116. The molecule has 0 unspecified atom stereocenters. The fourth-order valence-electron chi connectivity index (χ4n) is 2.56. The Morgan fingerprint density at radius 1 is 1.30 bits per heavy atom. The van der Waals surface area contributed by atoms with Crippen molar-refractivity contribution < 1.29 is 18.8 Å². The van der Waals surface area contributed by atoms with E-state index in [2.05, 4.69) is 10.5 Å². The van der Waals surface area contributed by atoms with E-state index in [-0.39, 0.29) is 18.6 Å². The van der Waals surface area contributed by atoms with Crippen molar-refractivity contribution >= 4 is 5.91 Å². The highest BCUT2D eigenvalue weighted by Gasteiger charge is 2.22. The molecule has 0 bridgehead atoms. The van der Waals surface area contributed by atoms with Crippen molar-refractivity contribution in [2.75, 3.05) is 13.3 Å². The van der Waals surface area contributed by atoms with Crippen molar-refractivity contribution in [3.05, 3.63) is 40.8 Å². The first-order chi connectivity index (χ1) is 11.1. The zero-order chi connectivity index (χ0) is 16.4. The van der Waals surface area contributed by atoms with Crippen LogP contribution in [0.3, 0.4) is 0 Å². The molecule has 1 N–H and O–H groups in total. The summed E-state index contributed by atoms with van der Waals surface area (Å²) in [5.41, 5.74) is 2.25. The number of aryl methyl sites for hydroxylation is 1. The number of rotatable bonds is 5. The number of nitrogens with one attached hydrogen (secondary N) is 1. The molecule has 0 spiro atoms. The average molecular weight is 316 g/mol. The van der Waals surface area contributed by atoms with E-state index in [1.807, 2.05) is 32.0 Å². The molecule has 0 fully saturated rings. The molecule has 0 saturated carbocycles. The molecule has 2 heterocycles. The summed E-state index contributed by atoms with van der Waals surface area (Å²) < 4.78 is 15.9. The molecule has 3 rings (SSSR count). The molecule has 0 radical (unpaired) electrons. The molecule has 0 atom stereocenters. The van der Waals surface area contributed by atoms with Crippen molar-refractivity contribution in [2.45, 2.75) is 33.1 Å². The second-order valence-electron chi connectivity index (χ2n) is 5.86. The molecule has 6 nitrogen and oxygen atoms in total. The van der Waals surface area contributed by atoms with E-state index in [4.69, 9.17) is 14.0 Å². The van der Waals surface area contributed by atoms with Crippen LogP contribution in [-0.2, 0) is 6.42 Å². The van der Waals surface area contributed by atoms with E-state index in [1.165, 1.54) is 0 Å². The maximum atomic E-state index is 12.4. The van der Waals surface area contributed by atoms with Crippen LogP contribution < -0.4 is 14.8 Å². The van der Waals surface area contributed by atoms with Crippen molar-refractivity contribution in [1.29, 1.82) is 0 Å². The van der Waals surface area contributed by atoms with Gasteiger partial charge in [0.05, 0.1) is 5.69 Å². The van der Waals surface area contributed by atoms with Gasteiger partial charge < -0.3 is 19.3 Å². The van der Waals surface area contributed by atoms with Gasteiger partial charge in [-0.15, -0.1) is 0 Å². The molecule has 122 valence electrons. The summed E-state index contributed by atoms with van der Waals surface area (Å²) in [7, 11) is 0. The predicted octanol–water partition coefficient (Wildman–Crippen LogP) is 2.81. The van der Waals surface area contributed by atoms with Crippen LogP contribution in [0, 0.1) is 6.92 Å². The quantitative estimate of drug-likeness (QED) is 0.918. The van der Waals surface area contributed by atoms with Crippen LogP contribution in [0.4, 0.5) is 0 Å². The number of fused-ring (bicyclic) bond motifs is 1. The Hall–Kier alpha value is -2.50. The molecule has 2 aromatic rings. The van der Waals surface area contributed by atoms with E-state index in [1.54, 1.807) is 6.92 Å². The molecule has 23 heavy (non-hydrogen) atoms. The van der Waals surface area contributed by atoms with Crippen LogP contribution >= 0.6 is 0 Å². The van der Waals surface area contributed by atoms with E-state index >= 15 is 0 Å². The molecule has 1 aromatic carbocycles. The van der Waals surface area contributed by atoms with E-state index < -0.39 is 0 Å². The van der Waals surface area contributed by atoms with Crippen LogP contribution in [0.1, 0.15) is 47.1 Å². The van der Waals surface area contributed by atoms with Gasteiger partial charge in [0.2, 0.25) is 6.79 Å². The van der Waals surface area contributed by atoms with Gasteiger partial charge >= 0.3 is 0 Å². The van der Waals surface area contributed by atoms with Gasteiger partial charge in [-0.3, -0.25) is 4.79 Å². The first-order valence-electron chi connectivity index (χ1n) is 7.69. The Morgan fingerprint density at radius 3 is 2.87 bits per heavy atom. The summed E-state index contributed by atoms with van der Waals surface area (Å²) in [6.07, 6.45) is 0.712. The molecule has 1 aromatic heterocycles. The summed E-state index contributed by atoms with van der Waals surface area (Å²) in [6, 6.07) is 5.81. The molecule has 1 aliphatic rings. The summed E-state index contributed by atoms with van der Waals surface area (Å²) in [5, 5.41) is 6.82. The lowest BCUT2D eigenvalue weighted by Gasteiger charge is -2.07. The zero-order valence-electron chi connectivity index (χ0n) is 13.5. The van der Waals surface area contributed by atoms with E-state index in [0.29, 0.717) is 30.0 Å². The minimum Gasteiger partial charge on any atom is -0.454 e. The van der Waals surface area contributed by atoms with Crippen molar-refractivity contribution in [2.24, 2.45) is 0 Å². The van der Waals surface area contributed by atoms with Gasteiger partial charge in [0, 0.05) is 12.5 Å². The molecule has 0 aliphatic carbocycles. The van der Waals surface area contributed by atoms with Gasteiger partial charge in [-0.05, 0) is 31.0 Å². The Balaban J connectivity index is 1.61. The number of benzene rings is 1. The molecule has 1 amide bonds. The smallest absolute Gasteiger partial charge is 0.256 e. The number of ether oxygens (including phenoxy) is 2. The van der Waals surface area contributed by atoms with Crippen LogP contribution in [0.15, 0.2) is 22.7 Å². The summed E-state index contributed by atoms with van der Waals surface area (Å²) in [5.74, 6) is 2.12. The van der Waals surface area contributed by atoms with Crippen LogP contribution in [-0.4, -0.2) is 24.4 Å². The molecule has 1 aliphatic heterocycles. The third-order valence-corrected chi connectivity index (χ3v) is 3.78.